The lowest BCUT2D eigenvalue weighted by Gasteiger charge is -2.38. The van der Waals surface area contributed by atoms with Gasteiger partial charge in [-0.1, -0.05) is 6.92 Å². The first-order chi connectivity index (χ1) is 7.17. The smallest absolute Gasteiger partial charge is 0.172 e. The Bertz CT molecular complexity index is 209. The molecule has 0 saturated carbocycles. The van der Waals surface area contributed by atoms with Gasteiger partial charge in [0, 0.05) is 32.8 Å². The van der Waals surface area contributed by atoms with E-state index in [1.165, 1.54) is 0 Å². The van der Waals surface area contributed by atoms with E-state index in [1.807, 2.05) is 0 Å². The Morgan fingerprint density at radius 2 is 2.20 bits per heavy atom. The van der Waals surface area contributed by atoms with Crippen LogP contribution in [-0.4, -0.2) is 68.1 Å². The van der Waals surface area contributed by atoms with Gasteiger partial charge in [0.1, 0.15) is 6.61 Å². The molecule has 1 rings (SSSR count). The minimum Gasteiger partial charge on any atom is -0.377 e. The van der Waals surface area contributed by atoms with E-state index in [4.69, 9.17) is 4.74 Å². The van der Waals surface area contributed by atoms with Crippen LogP contribution >= 0.6 is 0 Å². The van der Waals surface area contributed by atoms with Gasteiger partial charge in [0.25, 0.3) is 0 Å². The maximum Gasteiger partial charge on any atom is 0.172 e. The molecule has 0 aliphatic carbocycles. The van der Waals surface area contributed by atoms with Crippen molar-refractivity contribution in [2.45, 2.75) is 19.9 Å². The molecule has 0 N–H and O–H groups in total. The molecule has 0 aromatic heterocycles. The van der Waals surface area contributed by atoms with Gasteiger partial charge in [-0.05, 0) is 13.5 Å². The van der Waals surface area contributed by atoms with Crippen molar-refractivity contribution in [3.05, 3.63) is 0 Å². The molecule has 0 radical (unpaired) electrons. The third kappa shape index (κ3) is 3.89. The van der Waals surface area contributed by atoms with Crippen LogP contribution in [0.15, 0.2) is 0 Å². The van der Waals surface area contributed by atoms with E-state index in [-0.39, 0.29) is 12.4 Å². The minimum atomic E-state index is 0.176. The molecule has 1 atom stereocenters. The maximum absolute atomic E-state index is 11.4. The van der Waals surface area contributed by atoms with Crippen LogP contribution in [0, 0.1) is 0 Å². The Hall–Kier alpha value is -0.450. The lowest BCUT2D eigenvalue weighted by molar-refractivity contribution is -0.124. The summed E-state index contributed by atoms with van der Waals surface area (Å²) in [4.78, 5) is 16.1. The van der Waals surface area contributed by atoms with Crippen LogP contribution in [0.2, 0.25) is 0 Å². The molecule has 1 aliphatic heterocycles. The van der Waals surface area contributed by atoms with Crippen LogP contribution in [-0.2, 0) is 9.53 Å². The summed E-state index contributed by atoms with van der Waals surface area (Å²) >= 11 is 0. The van der Waals surface area contributed by atoms with Gasteiger partial charge in [-0.2, -0.15) is 0 Å². The molecule has 0 spiro atoms. The predicted octanol–water partition coefficient (Wildman–Crippen LogP) is 0.228. The normalized spacial score (nSPS) is 24.3. The predicted molar refractivity (Wildman–Crippen MR) is 60.0 cm³/mol. The van der Waals surface area contributed by atoms with Crippen molar-refractivity contribution in [3.63, 3.8) is 0 Å². The van der Waals surface area contributed by atoms with Crippen molar-refractivity contribution in [1.29, 1.82) is 0 Å². The Morgan fingerprint density at radius 3 is 2.73 bits per heavy atom. The molecule has 1 fully saturated rings. The number of hydrogen-bond donors (Lipinski definition) is 0. The molecule has 4 heteroatoms. The molecule has 15 heavy (non-hydrogen) atoms. The topological polar surface area (TPSA) is 32.8 Å². The van der Waals surface area contributed by atoms with Crippen LogP contribution in [0.4, 0.5) is 0 Å². The van der Waals surface area contributed by atoms with E-state index in [0.717, 1.165) is 26.2 Å². The molecule has 1 unspecified atom stereocenters. The zero-order valence-corrected chi connectivity index (χ0v) is 10.0. The number of carbonyl (C=O) groups excluding carboxylic acids is 1. The second-order valence-corrected chi connectivity index (χ2v) is 4.18. The van der Waals surface area contributed by atoms with Gasteiger partial charge in [0.2, 0.25) is 0 Å². The average Bonchev–Trinajstić information content (AvgIpc) is 2.18. The van der Waals surface area contributed by atoms with Gasteiger partial charge in [0.15, 0.2) is 5.78 Å². The van der Waals surface area contributed by atoms with E-state index in [2.05, 4.69) is 23.6 Å². The van der Waals surface area contributed by atoms with E-state index in [0.29, 0.717) is 12.6 Å². The van der Waals surface area contributed by atoms with Crippen molar-refractivity contribution < 1.29 is 9.53 Å². The molecule has 0 amide bonds. The molecular formula is C11H22N2O2. The Labute approximate surface area is 92.2 Å². The van der Waals surface area contributed by atoms with Gasteiger partial charge in [0.05, 0.1) is 6.54 Å². The number of hydrogen-bond acceptors (Lipinski definition) is 4. The molecular weight excluding hydrogens is 192 g/mol. The molecule has 0 aromatic rings. The van der Waals surface area contributed by atoms with Crippen LogP contribution in [0.3, 0.4) is 0 Å². The van der Waals surface area contributed by atoms with E-state index < -0.39 is 0 Å². The fourth-order valence-corrected chi connectivity index (χ4v) is 2.14. The highest BCUT2D eigenvalue weighted by molar-refractivity contribution is 5.81. The number of ketones is 1. The zero-order chi connectivity index (χ0) is 11.3. The Balaban J connectivity index is 2.31. The fourth-order valence-electron chi connectivity index (χ4n) is 2.14. The zero-order valence-electron chi connectivity index (χ0n) is 10.0. The molecule has 0 bridgehead atoms. The van der Waals surface area contributed by atoms with E-state index in [9.17, 15) is 4.79 Å². The van der Waals surface area contributed by atoms with Crippen molar-refractivity contribution in [3.8, 4) is 0 Å². The third-order valence-corrected chi connectivity index (χ3v) is 2.96. The van der Waals surface area contributed by atoms with E-state index in [1.54, 1.807) is 7.11 Å². The first kappa shape index (κ1) is 12.6. The Kier molecular flexibility index (Phi) is 5.22. The summed E-state index contributed by atoms with van der Waals surface area (Å²) in [5.74, 6) is 0.176. The van der Waals surface area contributed by atoms with Crippen LogP contribution < -0.4 is 0 Å². The molecule has 4 nitrogen and oxygen atoms in total. The van der Waals surface area contributed by atoms with Crippen LogP contribution in [0.1, 0.15) is 13.8 Å². The number of rotatable bonds is 5. The first-order valence-corrected chi connectivity index (χ1v) is 5.64. The molecule has 0 aromatic carbocycles. The van der Waals surface area contributed by atoms with Crippen LogP contribution in [0.25, 0.3) is 0 Å². The van der Waals surface area contributed by atoms with Crippen molar-refractivity contribution in [2.24, 2.45) is 0 Å². The fraction of sp³-hybridized carbons (Fsp3) is 0.909. The largest absolute Gasteiger partial charge is 0.377 e. The van der Waals surface area contributed by atoms with Gasteiger partial charge >= 0.3 is 0 Å². The SMILES string of the molecule is CCN1CCN(CC(=O)COC)CC1C. The molecule has 1 heterocycles. The summed E-state index contributed by atoms with van der Waals surface area (Å²) in [7, 11) is 1.57. The minimum absolute atomic E-state index is 0.176. The molecule has 88 valence electrons. The average molecular weight is 214 g/mol. The lowest BCUT2D eigenvalue weighted by Crippen LogP contribution is -2.52. The van der Waals surface area contributed by atoms with Crippen molar-refractivity contribution in [2.75, 3.05) is 46.4 Å². The summed E-state index contributed by atoms with van der Waals surface area (Å²) < 4.78 is 4.83. The third-order valence-electron chi connectivity index (χ3n) is 2.96. The summed E-state index contributed by atoms with van der Waals surface area (Å²) in [6.07, 6.45) is 0. The van der Waals surface area contributed by atoms with Crippen LogP contribution in [0.5, 0.6) is 0 Å². The van der Waals surface area contributed by atoms with Gasteiger partial charge in [-0.15, -0.1) is 0 Å². The molecule has 1 aliphatic rings. The standard InChI is InChI=1S/C11H22N2O2/c1-4-13-6-5-12(7-10(13)2)8-11(14)9-15-3/h10H,4-9H2,1-3H3. The van der Waals surface area contributed by atoms with Crippen molar-refractivity contribution in [1.82, 2.24) is 9.80 Å². The number of methoxy groups -OCH3 is 1. The Morgan fingerprint density at radius 1 is 1.47 bits per heavy atom. The summed E-state index contributed by atoms with van der Waals surface area (Å²) in [6.45, 7) is 9.33. The monoisotopic (exact) mass is 214 g/mol. The highest BCUT2D eigenvalue weighted by Crippen LogP contribution is 2.08. The second-order valence-electron chi connectivity index (χ2n) is 4.18. The van der Waals surface area contributed by atoms with Crippen molar-refractivity contribution >= 4 is 5.78 Å². The highest BCUT2D eigenvalue weighted by atomic mass is 16.5. The number of nitrogens with zero attached hydrogens (tertiary/aromatic N) is 2. The number of ether oxygens (including phenoxy) is 1. The maximum atomic E-state index is 11.4. The summed E-state index contributed by atoms with van der Waals surface area (Å²) in [6, 6.07) is 0.555. The summed E-state index contributed by atoms with van der Waals surface area (Å²) in [5, 5.41) is 0. The van der Waals surface area contributed by atoms with Gasteiger partial charge < -0.3 is 4.74 Å². The second kappa shape index (κ2) is 6.20. The quantitative estimate of drug-likeness (QED) is 0.656. The lowest BCUT2D eigenvalue weighted by atomic mass is 10.2. The first-order valence-electron chi connectivity index (χ1n) is 5.64. The number of piperazine rings is 1. The number of likely N-dealkylation sites (N-methyl/N-ethyl adjacent to an activating group) is 1. The number of carbonyl (C=O) groups is 1. The number of Topliss-reactive ketones (excluding diaryl/α,β-unsaturated/α-hetero) is 1. The van der Waals surface area contributed by atoms with Gasteiger partial charge in [-0.25, -0.2) is 0 Å². The molecule has 1 saturated heterocycles. The van der Waals surface area contributed by atoms with Gasteiger partial charge in [-0.3, -0.25) is 14.6 Å². The summed E-state index contributed by atoms with van der Waals surface area (Å²) in [5.41, 5.74) is 0. The van der Waals surface area contributed by atoms with E-state index >= 15 is 0 Å². The highest BCUT2D eigenvalue weighted by Gasteiger charge is 2.23.